The van der Waals surface area contributed by atoms with Gasteiger partial charge in [-0.1, -0.05) is 51.7 Å². The molecule has 0 aliphatic heterocycles. The van der Waals surface area contributed by atoms with Crippen LogP contribution < -0.4 is 0 Å². The number of allylic oxidation sites excluding steroid dienone is 1. The van der Waals surface area contributed by atoms with Crippen LogP contribution in [0.2, 0.25) is 0 Å². The van der Waals surface area contributed by atoms with Crippen LogP contribution >= 0.6 is 0 Å². The summed E-state index contributed by atoms with van der Waals surface area (Å²) in [7, 11) is 0. The van der Waals surface area contributed by atoms with E-state index in [1.807, 2.05) is 13.0 Å². The first-order chi connectivity index (χ1) is 7.15. The number of carbonyl (C=O) groups is 1. The van der Waals surface area contributed by atoms with Crippen molar-refractivity contribution in [3.05, 3.63) is 12.2 Å². The van der Waals surface area contributed by atoms with Crippen LogP contribution in [0.4, 0.5) is 0 Å². The lowest BCUT2D eigenvalue weighted by atomic mass is 9.88. The predicted molar refractivity (Wildman–Crippen MR) is 63.9 cm³/mol. The molecule has 15 heavy (non-hydrogen) atoms. The lowest BCUT2D eigenvalue weighted by Crippen LogP contribution is -2.15. The van der Waals surface area contributed by atoms with E-state index in [1.165, 1.54) is 12.8 Å². The third-order valence-electron chi connectivity index (χ3n) is 2.87. The molecule has 0 amide bonds. The normalized spacial score (nSPS) is 15.4. The van der Waals surface area contributed by atoms with Crippen molar-refractivity contribution in [1.82, 2.24) is 0 Å². The molecule has 0 aromatic carbocycles. The summed E-state index contributed by atoms with van der Waals surface area (Å²) in [5, 5.41) is 9.02. The van der Waals surface area contributed by atoms with Gasteiger partial charge in [-0.25, -0.2) is 0 Å². The Morgan fingerprint density at radius 2 is 2.07 bits per heavy atom. The summed E-state index contributed by atoms with van der Waals surface area (Å²) in [5.74, 6) is -0.429. The first-order valence-corrected chi connectivity index (χ1v) is 6.01. The third-order valence-corrected chi connectivity index (χ3v) is 2.87. The van der Waals surface area contributed by atoms with E-state index < -0.39 is 5.97 Å². The van der Waals surface area contributed by atoms with E-state index in [1.54, 1.807) is 6.08 Å². The Morgan fingerprint density at radius 1 is 1.40 bits per heavy atom. The summed E-state index contributed by atoms with van der Waals surface area (Å²) < 4.78 is 0. The monoisotopic (exact) mass is 212 g/mol. The second-order valence-electron chi connectivity index (χ2n) is 4.12. The van der Waals surface area contributed by atoms with E-state index in [9.17, 15) is 4.79 Å². The minimum absolute atomic E-state index is 0.295. The topological polar surface area (TPSA) is 37.3 Å². The highest BCUT2D eigenvalue weighted by Crippen LogP contribution is 2.22. The van der Waals surface area contributed by atoms with Gasteiger partial charge in [0.25, 0.3) is 0 Å². The van der Waals surface area contributed by atoms with E-state index in [-0.39, 0.29) is 5.92 Å². The molecule has 0 rings (SSSR count). The Kier molecular flexibility index (Phi) is 8.06. The van der Waals surface area contributed by atoms with Crippen molar-refractivity contribution in [2.45, 2.75) is 52.9 Å². The van der Waals surface area contributed by atoms with Gasteiger partial charge in [-0.15, -0.1) is 0 Å². The molecule has 2 nitrogen and oxygen atoms in total. The molecule has 0 radical (unpaired) electrons. The summed E-state index contributed by atoms with van der Waals surface area (Å²) in [5.41, 5.74) is 0. The fraction of sp³-hybridized carbons (Fsp3) is 0.769. The maximum absolute atomic E-state index is 11.0. The van der Waals surface area contributed by atoms with Crippen molar-refractivity contribution in [2.24, 2.45) is 11.8 Å². The number of aliphatic carboxylic acids is 1. The van der Waals surface area contributed by atoms with Crippen LogP contribution in [0.3, 0.4) is 0 Å². The fourth-order valence-electron chi connectivity index (χ4n) is 1.83. The van der Waals surface area contributed by atoms with Gasteiger partial charge >= 0.3 is 5.97 Å². The maximum atomic E-state index is 11.0. The Hall–Kier alpha value is -0.790. The number of hydrogen-bond acceptors (Lipinski definition) is 1. The molecule has 0 saturated carbocycles. The number of carboxylic acids is 1. The molecule has 0 heterocycles. The number of unbranched alkanes of at least 4 members (excludes halogenated alkanes) is 1. The van der Waals surface area contributed by atoms with Crippen LogP contribution in [0.15, 0.2) is 12.2 Å². The Morgan fingerprint density at radius 3 is 2.47 bits per heavy atom. The van der Waals surface area contributed by atoms with Gasteiger partial charge in [-0.3, -0.25) is 4.79 Å². The first kappa shape index (κ1) is 14.2. The van der Waals surface area contributed by atoms with E-state index in [4.69, 9.17) is 5.11 Å². The molecule has 0 aliphatic carbocycles. The zero-order valence-electron chi connectivity index (χ0n) is 10.2. The Bertz CT molecular complexity index is 197. The van der Waals surface area contributed by atoms with Gasteiger partial charge in [0.1, 0.15) is 0 Å². The molecule has 1 N–H and O–H groups in total. The highest BCUT2D eigenvalue weighted by atomic mass is 16.4. The van der Waals surface area contributed by atoms with Gasteiger partial charge < -0.3 is 5.11 Å². The molecule has 88 valence electrons. The highest BCUT2D eigenvalue weighted by Gasteiger charge is 2.18. The van der Waals surface area contributed by atoms with Crippen LogP contribution in [0.5, 0.6) is 0 Å². The van der Waals surface area contributed by atoms with Crippen molar-refractivity contribution >= 4 is 5.97 Å². The predicted octanol–water partition coefficient (Wildman–Crippen LogP) is 3.87. The van der Waals surface area contributed by atoms with Gasteiger partial charge in [-0.2, -0.15) is 0 Å². The van der Waals surface area contributed by atoms with Crippen LogP contribution in [-0.4, -0.2) is 11.1 Å². The van der Waals surface area contributed by atoms with Crippen molar-refractivity contribution in [3.8, 4) is 0 Å². The highest BCUT2D eigenvalue weighted by molar-refractivity contribution is 5.72. The average Bonchev–Trinajstić information content (AvgIpc) is 2.22. The minimum atomic E-state index is -0.692. The number of hydrogen-bond donors (Lipinski definition) is 1. The van der Waals surface area contributed by atoms with Crippen molar-refractivity contribution in [3.63, 3.8) is 0 Å². The van der Waals surface area contributed by atoms with Gasteiger partial charge in [0, 0.05) is 0 Å². The Labute approximate surface area is 93.4 Å². The molecule has 0 aliphatic rings. The standard InChI is InChI=1S/C13H24O2/c1-4-7-9-11(6-3)10-12(8-5-2)13(14)15/h5,8,11-12H,4,6-7,9-10H2,1-3H3,(H,14,15). The molecule has 2 heteroatoms. The largest absolute Gasteiger partial charge is 0.481 e. The molecule has 2 atom stereocenters. The quantitative estimate of drug-likeness (QED) is 0.620. The van der Waals surface area contributed by atoms with Crippen LogP contribution in [0.1, 0.15) is 52.9 Å². The Balaban J connectivity index is 4.15. The SMILES string of the molecule is CC=CC(CC(CC)CCCC)C(=O)O. The minimum Gasteiger partial charge on any atom is -0.481 e. The van der Waals surface area contributed by atoms with Crippen molar-refractivity contribution in [1.29, 1.82) is 0 Å². The van der Waals surface area contributed by atoms with E-state index in [2.05, 4.69) is 13.8 Å². The molecule has 0 bridgehead atoms. The fourth-order valence-corrected chi connectivity index (χ4v) is 1.83. The number of carboxylic acid groups (broad SMARTS) is 1. The summed E-state index contributed by atoms with van der Waals surface area (Å²) in [6.45, 7) is 6.20. The van der Waals surface area contributed by atoms with Gasteiger partial charge in [0.15, 0.2) is 0 Å². The average molecular weight is 212 g/mol. The summed E-state index contributed by atoms with van der Waals surface area (Å²) in [6, 6.07) is 0. The summed E-state index contributed by atoms with van der Waals surface area (Å²) >= 11 is 0. The lowest BCUT2D eigenvalue weighted by molar-refractivity contribution is -0.140. The lowest BCUT2D eigenvalue weighted by Gasteiger charge is -2.17. The summed E-state index contributed by atoms with van der Waals surface area (Å²) in [4.78, 5) is 11.0. The van der Waals surface area contributed by atoms with Crippen molar-refractivity contribution < 1.29 is 9.90 Å². The van der Waals surface area contributed by atoms with Crippen molar-refractivity contribution in [2.75, 3.05) is 0 Å². The van der Waals surface area contributed by atoms with E-state index in [0.717, 1.165) is 19.3 Å². The third kappa shape index (κ3) is 6.32. The molecule has 0 fully saturated rings. The molecule has 0 aromatic heterocycles. The molecule has 0 aromatic rings. The molecule has 0 spiro atoms. The van der Waals surface area contributed by atoms with E-state index >= 15 is 0 Å². The molecular formula is C13H24O2. The first-order valence-electron chi connectivity index (χ1n) is 6.01. The molecular weight excluding hydrogens is 188 g/mol. The van der Waals surface area contributed by atoms with Gasteiger partial charge in [0.2, 0.25) is 0 Å². The zero-order valence-corrected chi connectivity index (χ0v) is 10.2. The second-order valence-corrected chi connectivity index (χ2v) is 4.12. The van der Waals surface area contributed by atoms with E-state index in [0.29, 0.717) is 5.92 Å². The van der Waals surface area contributed by atoms with Gasteiger partial charge in [-0.05, 0) is 19.3 Å². The van der Waals surface area contributed by atoms with Crippen LogP contribution in [0.25, 0.3) is 0 Å². The zero-order chi connectivity index (χ0) is 11.7. The van der Waals surface area contributed by atoms with Crippen LogP contribution in [0, 0.1) is 11.8 Å². The summed E-state index contributed by atoms with van der Waals surface area (Å²) in [6.07, 6.45) is 9.08. The number of rotatable bonds is 8. The molecule has 2 unspecified atom stereocenters. The molecule has 0 saturated heterocycles. The van der Waals surface area contributed by atoms with Crippen LogP contribution in [-0.2, 0) is 4.79 Å². The second kappa shape index (κ2) is 8.51. The van der Waals surface area contributed by atoms with Gasteiger partial charge in [0.05, 0.1) is 5.92 Å². The maximum Gasteiger partial charge on any atom is 0.310 e. The smallest absolute Gasteiger partial charge is 0.310 e.